The third-order valence-corrected chi connectivity index (χ3v) is 5.15. The van der Waals surface area contributed by atoms with Gasteiger partial charge in [-0.25, -0.2) is 0 Å². The molecule has 1 aromatic rings. The van der Waals surface area contributed by atoms with Gasteiger partial charge in [-0.05, 0) is 49.1 Å². The summed E-state index contributed by atoms with van der Waals surface area (Å²) in [5, 5.41) is 6.97. The quantitative estimate of drug-likeness (QED) is 0.928. The molecule has 1 aliphatic heterocycles. The van der Waals surface area contributed by atoms with Crippen molar-refractivity contribution in [2.75, 3.05) is 0 Å². The predicted octanol–water partition coefficient (Wildman–Crippen LogP) is 2.71. The molecule has 2 rings (SSSR count). The van der Waals surface area contributed by atoms with Crippen molar-refractivity contribution >= 4 is 23.2 Å². The van der Waals surface area contributed by atoms with Crippen molar-refractivity contribution < 1.29 is 9.59 Å². The summed E-state index contributed by atoms with van der Waals surface area (Å²) in [5.74, 6) is -0.0244. The summed E-state index contributed by atoms with van der Waals surface area (Å²) in [6, 6.07) is 1.51. The van der Waals surface area contributed by atoms with Crippen LogP contribution in [0.4, 0.5) is 0 Å². The molecule has 0 radical (unpaired) electrons. The maximum absolute atomic E-state index is 12.9. The minimum absolute atomic E-state index is 0.0355. The zero-order chi connectivity index (χ0) is 14.9. The van der Waals surface area contributed by atoms with Gasteiger partial charge in [-0.1, -0.05) is 13.8 Å². The van der Waals surface area contributed by atoms with Crippen molar-refractivity contribution in [3.63, 3.8) is 0 Å². The fourth-order valence-corrected chi connectivity index (χ4v) is 3.60. The zero-order valence-corrected chi connectivity index (χ0v) is 13.3. The Hall–Kier alpha value is -1.36. The number of hydrogen-bond acceptors (Lipinski definition) is 3. The van der Waals surface area contributed by atoms with E-state index in [4.69, 9.17) is 0 Å². The van der Waals surface area contributed by atoms with E-state index in [-0.39, 0.29) is 17.9 Å². The average Bonchev–Trinajstić information content (AvgIpc) is 2.97. The van der Waals surface area contributed by atoms with E-state index in [0.717, 1.165) is 5.56 Å². The summed E-state index contributed by atoms with van der Waals surface area (Å²) in [4.78, 5) is 26.9. The van der Waals surface area contributed by atoms with E-state index in [2.05, 4.69) is 5.32 Å². The Morgan fingerprint density at radius 3 is 2.55 bits per heavy atom. The van der Waals surface area contributed by atoms with Crippen LogP contribution < -0.4 is 5.32 Å². The van der Waals surface area contributed by atoms with Crippen LogP contribution in [0.2, 0.25) is 0 Å². The highest BCUT2D eigenvalue weighted by atomic mass is 32.1. The van der Waals surface area contributed by atoms with Crippen LogP contribution in [-0.2, 0) is 9.59 Å². The monoisotopic (exact) mass is 294 g/mol. The highest BCUT2D eigenvalue weighted by Crippen LogP contribution is 2.32. The first kappa shape index (κ1) is 15.0. The van der Waals surface area contributed by atoms with Gasteiger partial charge in [0, 0.05) is 0 Å². The van der Waals surface area contributed by atoms with Gasteiger partial charge in [0.1, 0.15) is 11.6 Å². The summed E-state index contributed by atoms with van der Waals surface area (Å²) in [6.07, 6.45) is 1.24. The second-order valence-electron chi connectivity index (χ2n) is 5.40. The number of hydrogen-bond donors (Lipinski definition) is 1. The molecule has 2 unspecified atom stereocenters. The number of piperazine rings is 1. The number of rotatable bonds is 4. The first-order chi connectivity index (χ1) is 9.46. The summed E-state index contributed by atoms with van der Waals surface area (Å²) >= 11 is 1.61. The minimum Gasteiger partial charge on any atom is -0.340 e. The minimum atomic E-state index is -0.742. The Kier molecular flexibility index (Phi) is 4.18. The first-order valence-corrected chi connectivity index (χ1v) is 8.08. The molecule has 20 heavy (non-hydrogen) atoms. The second kappa shape index (κ2) is 5.56. The zero-order valence-electron chi connectivity index (χ0n) is 12.5. The molecular formula is C15H22N2O2S. The SMILES string of the molecule is CCC1(CC)NC(=O)C(C)N(C(C)c2ccsc2)C1=O. The number of amides is 2. The maximum Gasteiger partial charge on any atom is 0.249 e. The van der Waals surface area contributed by atoms with E-state index in [1.54, 1.807) is 23.2 Å². The lowest BCUT2D eigenvalue weighted by atomic mass is 9.86. The van der Waals surface area contributed by atoms with Crippen LogP contribution in [0.1, 0.15) is 52.1 Å². The van der Waals surface area contributed by atoms with Crippen molar-refractivity contribution in [3.8, 4) is 0 Å². The Balaban J connectivity index is 2.38. The van der Waals surface area contributed by atoms with Crippen molar-refractivity contribution in [3.05, 3.63) is 22.4 Å². The largest absolute Gasteiger partial charge is 0.340 e. The van der Waals surface area contributed by atoms with Crippen LogP contribution in [-0.4, -0.2) is 28.3 Å². The standard InChI is InChI=1S/C15H22N2O2S/c1-5-15(6-2)14(19)17(11(4)13(18)16-15)10(3)12-7-8-20-9-12/h7-11H,5-6H2,1-4H3,(H,16,18). The molecule has 0 aliphatic carbocycles. The molecule has 1 saturated heterocycles. The Morgan fingerprint density at radius 2 is 2.05 bits per heavy atom. The molecule has 1 aromatic heterocycles. The lowest BCUT2D eigenvalue weighted by Gasteiger charge is -2.46. The number of carbonyl (C=O) groups is 2. The third-order valence-electron chi connectivity index (χ3n) is 4.45. The summed E-state index contributed by atoms with van der Waals surface area (Å²) in [6.45, 7) is 7.69. The molecule has 0 bridgehead atoms. The van der Waals surface area contributed by atoms with Gasteiger partial charge in [-0.2, -0.15) is 11.3 Å². The van der Waals surface area contributed by atoms with Crippen LogP contribution in [0.25, 0.3) is 0 Å². The topological polar surface area (TPSA) is 49.4 Å². The fraction of sp³-hybridized carbons (Fsp3) is 0.600. The number of carbonyl (C=O) groups excluding carboxylic acids is 2. The Morgan fingerprint density at radius 1 is 1.40 bits per heavy atom. The van der Waals surface area contributed by atoms with Crippen LogP contribution in [0, 0.1) is 0 Å². The molecule has 2 amide bonds. The lowest BCUT2D eigenvalue weighted by Crippen LogP contribution is -2.69. The first-order valence-electron chi connectivity index (χ1n) is 7.13. The fourth-order valence-electron chi connectivity index (χ4n) is 2.86. The van der Waals surface area contributed by atoms with E-state index in [0.29, 0.717) is 12.8 Å². The van der Waals surface area contributed by atoms with E-state index in [9.17, 15) is 9.59 Å². The van der Waals surface area contributed by atoms with Gasteiger partial charge in [0.2, 0.25) is 11.8 Å². The van der Waals surface area contributed by atoms with Crippen LogP contribution in [0.5, 0.6) is 0 Å². The van der Waals surface area contributed by atoms with E-state index in [1.807, 2.05) is 37.6 Å². The second-order valence-corrected chi connectivity index (χ2v) is 6.18. The normalized spacial score (nSPS) is 23.6. The van der Waals surface area contributed by atoms with Crippen LogP contribution in [0.3, 0.4) is 0 Å². The van der Waals surface area contributed by atoms with Crippen molar-refractivity contribution in [1.82, 2.24) is 10.2 Å². The molecule has 0 saturated carbocycles. The Bertz CT molecular complexity index is 494. The molecule has 2 atom stereocenters. The molecule has 0 spiro atoms. The van der Waals surface area contributed by atoms with Crippen molar-refractivity contribution in [2.24, 2.45) is 0 Å². The molecule has 1 fully saturated rings. The highest BCUT2D eigenvalue weighted by molar-refractivity contribution is 7.07. The van der Waals surface area contributed by atoms with E-state index < -0.39 is 11.6 Å². The van der Waals surface area contributed by atoms with Gasteiger partial charge < -0.3 is 10.2 Å². The highest BCUT2D eigenvalue weighted by Gasteiger charge is 2.48. The van der Waals surface area contributed by atoms with Crippen LogP contribution >= 0.6 is 11.3 Å². The predicted molar refractivity (Wildman–Crippen MR) is 80.5 cm³/mol. The number of nitrogens with one attached hydrogen (secondary N) is 1. The maximum atomic E-state index is 12.9. The lowest BCUT2D eigenvalue weighted by molar-refractivity contribution is -0.157. The van der Waals surface area contributed by atoms with Gasteiger partial charge >= 0.3 is 0 Å². The molecule has 110 valence electrons. The number of nitrogens with zero attached hydrogens (tertiary/aromatic N) is 1. The molecule has 1 N–H and O–H groups in total. The van der Waals surface area contributed by atoms with E-state index >= 15 is 0 Å². The van der Waals surface area contributed by atoms with Gasteiger partial charge in [0.05, 0.1) is 6.04 Å². The van der Waals surface area contributed by atoms with Gasteiger partial charge in [0.25, 0.3) is 0 Å². The van der Waals surface area contributed by atoms with Crippen LogP contribution in [0.15, 0.2) is 16.8 Å². The van der Waals surface area contributed by atoms with E-state index in [1.165, 1.54) is 0 Å². The number of thiophene rings is 1. The molecule has 0 aromatic carbocycles. The molecule has 1 aliphatic rings. The summed E-state index contributed by atoms with van der Waals surface area (Å²) in [5.41, 5.74) is 0.347. The van der Waals surface area contributed by atoms with Gasteiger partial charge in [0.15, 0.2) is 0 Å². The molecular weight excluding hydrogens is 272 g/mol. The summed E-state index contributed by atoms with van der Waals surface area (Å²) < 4.78 is 0. The third kappa shape index (κ3) is 2.24. The summed E-state index contributed by atoms with van der Waals surface area (Å²) in [7, 11) is 0. The average molecular weight is 294 g/mol. The molecule has 4 nitrogen and oxygen atoms in total. The van der Waals surface area contributed by atoms with Crippen molar-refractivity contribution in [2.45, 2.75) is 58.2 Å². The molecule has 5 heteroatoms. The molecule has 2 heterocycles. The van der Waals surface area contributed by atoms with Gasteiger partial charge in [-0.3, -0.25) is 9.59 Å². The Labute approximate surface area is 124 Å². The van der Waals surface area contributed by atoms with Gasteiger partial charge in [-0.15, -0.1) is 0 Å². The smallest absolute Gasteiger partial charge is 0.249 e. The van der Waals surface area contributed by atoms with Crippen molar-refractivity contribution in [1.29, 1.82) is 0 Å².